The highest BCUT2D eigenvalue weighted by atomic mass is 35.5. The number of nitrogens with zero attached hydrogens (tertiary/aromatic N) is 4. The third-order valence-electron chi connectivity index (χ3n) is 10.6. The summed E-state index contributed by atoms with van der Waals surface area (Å²) in [6, 6.07) is 15.7. The van der Waals surface area contributed by atoms with E-state index in [-0.39, 0.29) is 22.6 Å². The highest BCUT2D eigenvalue weighted by Crippen LogP contribution is 2.44. The number of methoxy groups -OCH3 is 2. The maximum Gasteiger partial charge on any atom is 0.220 e. The minimum atomic E-state index is 0.0600. The van der Waals surface area contributed by atoms with E-state index in [1.807, 2.05) is 48.7 Å². The van der Waals surface area contributed by atoms with Gasteiger partial charge in [-0.15, -0.1) is 0 Å². The van der Waals surface area contributed by atoms with Gasteiger partial charge >= 0.3 is 0 Å². The van der Waals surface area contributed by atoms with Crippen LogP contribution in [0.5, 0.6) is 11.5 Å². The Bertz CT molecular complexity index is 1870. The molecule has 4 fully saturated rings. The molecule has 2 spiro atoms. The molecule has 0 atom stereocenters. The van der Waals surface area contributed by atoms with Crippen LogP contribution in [-0.4, -0.2) is 85.1 Å². The van der Waals surface area contributed by atoms with Crippen LogP contribution >= 0.6 is 23.2 Å². The molecular weight excluding hydrogens is 675 g/mol. The minimum absolute atomic E-state index is 0.0600. The molecule has 0 saturated carbocycles. The van der Waals surface area contributed by atoms with Gasteiger partial charge in [-0.1, -0.05) is 53.5 Å². The first-order valence-corrected chi connectivity index (χ1v) is 17.5. The van der Waals surface area contributed by atoms with E-state index in [9.17, 15) is 9.59 Å². The fraction of sp³-hybridized carbons (Fsp3) is 0.368. The minimum Gasteiger partial charge on any atom is -0.496 e. The monoisotopic (exact) mass is 712 g/mol. The fourth-order valence-corrected chi connectivity index (χ4v) is 8.84. The van der Waals surface area contributed by atoms with E-state index in [2.05, 4.69) is 31.5 Å². The summed E-state index contributed by atoms with van der Waals surface area (Å²) in [4.78, 5) is 37.6. The van der Waals surface area contributed by atoms with Crippen LogP contribution in [0.3, 0.4) is 0 Å². The van der Waals surface area contributed by atoms with Crippen LogP contribution in [0, 0.1) is 10.8 Å². The molecule has 4 aliphatic heterocycles. The smallest absolute Gasteiger partial charge is 0.220 e. The first-order valence-electron chi connectivity index (χ1n) is 16.8. The number of amides is 2. The van der Waals surface area contributed by atoms with Crippen molar-refractivity contribution in [1.29, 1.82) is 0 Å². The zero-order valence-corrected chi connectivity index (χ0v) is 29.5. The quantitative estimate of drug-likeness (QED) is 0.236. The predicted molar refractivity (Wildman–Crippen MR) is 192 cm³/mol. The predicted octanol–water partition coefficient (Wildman–Crippen LogP) is 5.45. The Hall–Kier alpha value is -4.22. The number of benzene rings is 2. The number of aromatic nitrogens is 2. The maximum absolute atomic E-state index is 11.8. The molecule has 2 aromatic heterocycles. The molecule has 50 heavy (non-hydrogen) atoms. The van der Waals surface area contributed by atoms with Crippen molar-refractivity contribution < 1.29 is 19.1 Å². The zero-order valence-electron chi connectivity index (χ0n) is 28.0. The maximum atomic E-state index is 11.8. The van der Waals surface area contributed by atoms with Crippen molar-refractivity contribution in [2.75, 3.05) is 53.5 Å². The first-order chi connectivity index (χ1) is 24.2. The van der Waals surface area contributed by atoms with Crippen LogP contribution in [0.25, 0.3) is 33.6 Å². The number of rotatable bonds is 9. The summed E-state index contributed by atoms with van der Waals surface area (Å²) < 4.78 is 11.6. The van der Waals surface area contributed by atoms with Gasteiger partial charge < -0.3 is 20.1 Å². The number of halogens is 2. The van der Waals surface area contributed by atoms with Gasteiger partial charge in [0.2, 0.25) is 11.8 Å². The summed E-state index contributed by atoms with van der Waals surface area (Å²) in [6.07, 6.45) is 4.79. The number of carbonyl (C=O) groups is 2. The molecule has 4 aromatic rings. The zero-order chi connectivity index (χ0) is 34.6. The van der Waals surface area contributed by atoms with Crippen LogP contribution in [0.4, 0.5) is 0 Å². The summed E-state index contributed by atoms with van der Waals surface area (Å²) in [6.45, 7) is 6.46. The Kier molecular flexibility index (Phi) is 8.46. The van der Waals surface area contributed by atoms with Crippen molar-refractivity contribution in [3.05, 3.63) is 82.1 Å². The molecule has 2 N–H and O–H groups in total. The SMILES string of the molecule is COc1cc(-c2nccc(-c3cccc(-c4cc(OC)c(CN5CC6(CNC(=O)C6)C5)cn4)c3Cl)c2Cl)ccc1CN1CC2(CNC(=O)C2)C1. The summed E-state index contributed by atoms with van der Waals surface area (Å²) >= 11 is 14.2. The van der Waals surface area contributed by atoms with Gasteiger partial charge in [-0.3, -0.25) is 29.4 Å². The number of ether oxygens (including phenoxy) is 2. The standard InChI is InChI=1S/C38H38Cl2N6O4/c1-49-30-10-23(6-7-24(30)15-45-19-37(20-45)12-32(47)43-17-37)36-35(40)27(8-9-41-36)26-4-3-5-28(34(26)39)29-11-31(50-2)25(14-42-29)16-46-21-38(22-46)13-33(48)44-18-38/h3-11,14H,12-13,15-22H2,1-2H3,(H,43,47)(H,44,48). The van der Waals surface area contributed by atoms with Gasteiger partial charge in [0.25, 0.3) is 0 Å². The average Bonchev–Trinajstić information content (AvgIpc) is 3.68. The van der Waals surface area contributed by atoms with E-state index in [4.69, 9.17) is 37.7 Å². The van der Waals surface area contributed by atoms with Gasteiger partial charge in [0.05, 0.1) is 35.7 Å². The van der Waals surface area contributed by atoms with Crippen LogP contribution in [-0.2, 0) is 22.7 Å². The molecule has 4 aliphatic rings. The Morgan fingerprint density at radius 1 is 0.740 bits per heavy atom. The van der Waals surface area contributed by atoms with Crippen molar-refractivity contribution in [2.45, 2.75) is 25.9 Å². The molecule has 0 bridgehead atoms. The molecule has 4 saturated heterocycles. The number of hydrogen-bond donors (Lipinski definition) is 2. The van der Waals surface area contributed by atoms with E-state index >= 15 is 0 Å². The van der Waals surface area contributed by atoms with Gasteiger partial charge in [0.1, 0.15) is 11.5 Å². The highest BCUT2D eigenvalue weighted by Gasteiger charge is 2.49. The van der Waals surface area contributed by atoms with Crippen molar-refractivity contribution in [3.8, 4) is 45.1 Å². The average molecular weight is 714 g/mol. The number of likely N-dealkylation sites (tertiary alicyclic amines) is 2. The summed E-state index contributed by atoms with van der Waals surface area (Å²) in [7, 11) is 3.33. The number of carbonyl (C=O) groups excluding carboxylic acids is 2. The summed E-state index contributed by atoms with van der Waals surface area (Å²) in [5, 5.41) is 6.94. The molecule has 12 heteroatoms. The molecule has 0 unspecified atom stereocenters. The topological polar surface area (TPSA) is 109 Å². The molecule has 10 nitrogen and oxygen atoms in total. The second kappa shape index (κ2) is 12.8. The van der Waals surface area contributed by atoms with Gasteiger partial charge in [-0.25, -0.2) is 0 Å². The Balaban J connectivity index is 1.01. The van der Waals surface area contributed by atoms with Gasteiger partial charge in [-0.05, 0) is 12.1 Å². The van der Waals surface area contributed by atoms with Crippen LogP contribution in [0.1, 0.15) is 24.0 Å². The fourth-order valence-electron chi connectivity index (χ4n) is 8.20. The lowest BCUT2D eigenvalue weighted by atomic mass is 9.79. The van der Waals surface area contributed by atoms with E-state index < -0.39 is 0 Å². The van der Waals surface area contributed by atoms with E-state index in [1.54, 1.807) is 20.4 Å². The molecular formula is C38H38Cl2N6O4. The first kappa shape index (κ1) is 33.0. The Morgan fingerprint density at radius 3 is 1.96 bits per heavy atom. The molecule has 0 radical (unpaired) electrons. The van der Waals surface area contributed by atoms with Crippen LogP contribution < -0.4 is 20.1 Å². The third-order valence-corrected chi connectivity index (χ3v) is 11.4. The van der Waals surface area contributed by atoms with Crippen molar-refractivity contribution in [1.82, 2.24) is 30.4 Å². The van der Waals surface area contributed by atoms with Gasteiger partial charge in [0, 0.05) is 128 Å². The normalized spacial score (nSPS) is 19.3. The van der Waals surface area contributed by atoms with Crippen molar-refractivity contribution >= 4 is 35.0 Å². The Labute approximate surface area is 301 Å². The van der Waals surface area contributed by atoms with E-state index in [0.29, 0.717) is 40.8 Å². The van der Waals surface area contributed by atoms with Crippen molar-refractivity contribution in [3.63, 3.8) is 0 Å². The molecule has 2 amide bonds. The summed E-state index contributed by atoms with van der Waals surface area (Å²) in [5.74, 6) is 1.78. The van der Waals surface area contributed by atoms with E-state index in [1.165, 1.54) is 0 Å². The second-order valence-corrected chi connectivity index (χ2v) is 15.0. The third kappa shape index (κ3) is 5.98. The van der Waals surface area contributed by atoms with Crippen molar-refractivity contribution in [2.24, 2.45) is 10.8 Å². The molecule has 0 aliphatic carbocycles. The number of pyridine rings is 2. The number of nitrogens with one attached hydrogen (secondary N) is 2. The molecule has 2 aromatic carbocycles. The van der Waals surface area contributed by atoms with E-state index in [0.717, 1.165) is 90.7 Å². The van der Waals surface area contributed by atoms with Crippen LogP contribution in [0.15, 0.2) is 60.9 Å². The lowest BCUT2D eigenvalue weighted by Gasteiger charge is -2.47. The molecule has 8 rings (SSSR count). The second-order valence-electron chi connectivity index (χ2n) is 14.3. The lowest BCUT2D eigenvalue weighted by molar-refractivity contribution is -0.121. The van der Waals surface area contributed by atoms with Gasteiger partial charge in [-0.2, -0.15) is 0 Å². The lowest BCUT2D eigenvalue weighted by Crippen LogP contribution is -2.56. The molecule has 258 valence electrons. The Morgan fingerprint density at radius 2 is 1.34 bits per heavy atom. The molecule has 6 heterocycles. The van der Waals surface area contributed by atoms with Gasteiger partial charge in [0.15, 0.2) is 0 Å². The largest absolute Gasteiger partial charge is 0.496 e. The number of hydrogen-bond acceptors (Lipinski definition) is 8. The van der Waals surface area contributed by atoms with Crippen LogP contribution in [0.2, 0.25) is 10.0 Å². The summed E-state index contributed by atoms with van der Waals surface area (Å²) in [5.41, 5.74) is 6.62. The highest BCUT2D eigenvalue weighted by molar-refractivity contribution is 6.39.